The lowest BCUT2D eigenvalue weighted by molar-refractivity contribution is 0.252. The van der Waals surface area contributed by atoms with Crippen LogP contribution in [0.25, 0.3) is 0 Å². The number of hydrogen-bond donors (Lipinski definition) is 3. The second-order valence-electron chi connectivity index (χ2n) is 4.00. The minimum Gasteiger partial charge on any atom is -0.337 e. The summed E-state index contributed by atoms with van der Waals surface area (Å²) in [5, 5.41) is 8.81. The Kier molecular flexibility index (Phi) is 6.10. The maximum atomic E-state index is 11.5. The fourth-order valence-electron chi connectivity index (χ4n) is 1.46. The molecule has 0 saturated heterocycles. The van der Waals surface area contributed by atoms with Crippen molar-refractivity contribution in [3.63, 3.8) is 0 Å². The molecular weight excluding hydrogens is 214 g/mol. The molecule has 0 atom stereocenters. The van der Waals surface area contributed by atoms with Crippen LogP contribution in [0.5, 0.6) is 0 Å². The molecule has 2 amide bonds. The van der Waals surface area contributed by atoms with Crippen molar-refractivity contribution in [3.8, 4) is 0 Å². The standard InChI is InChI=1S/C13H21N3O/c1-3-7-14-8-9-15-13(17)16-12-6-4-5-11(2)10-12/h4-6,10,14H,3,7-9H2,1-2H3,(H2,15,16,17). The Balaban J connectivity index is 2.21. The lowest BCUT2D eigenvalue weighted by Crippen LogP contribution is -2.34. The Hall–Kier alpha value is -1.55. The van der Waals surface area contributed by atoms with Crippen molar-refractivity contribution in [1.82, 2.24) is 10.6 Å². The van der Waals surface area contributed by atoms with Gasteiger partial charge < -0.3 is 16.0 Å². The van der Waals surface area contributed by atoms with Crippen LogP contribution in [0, 0.1) is 6.92 Å². The molecule has 94 valence electrons. The number of rotatable bonds is 6. The van der Waals surface area contributed by atoms with Crippen LogP contribution in [-0.4, -0.2) is 25.7 Å². The molecule has 17 heavy (non-hydrogen) atoms. The van der Waals surface area contributed by atoms with Crippen molar-refractivity contribution in [2.75, 3.05) is 25.0 Å². The highest BCUT2D eigenvalue weighted by atomic mass is 16.2. The molecule has 0 aliphatic heterocycles. The molecule has 4 heteroatoms. The zero-order valence-corrected chi connectivity index (χ0v) is 10.5. The van der Waals surface area contributed by atoms with Crippen LogP contribution in [-0.2, 0) is 0 Å². The molecule has 0 aliphatic carbocycles. The third kappa shape index (κ3) is 5.92. The normalized spacial score (nSPS) is 10.0. The monoisotopic (exact) mass is 235 g/mol. The van der Waals surface area contributed by atoms with Gasteiger partial charge in [0.05, 0.1) is 0 Å². The van der Waals surface area contributed by atoms with Crippen LogP contribution in [0.15, 0.2) is 24.3 Å². The quantitative estimate of drug-likeness (QED) is 0.661. The molecule has 0 unspecified atom stereocenters. The molecule has 1 rings (SSSR count). The molecule has 4 nitrogen and oxygen atoms in total. The highest BCUT2D eigenvalue weighted by Crippen LogP contribution is 2.08. The number of benzene rings is 1. The van der Waals surface area contributed by atoms with Gasteiger partial charge in [-0.15, -0.1) is 0 Å². The average Bonchev–Trinajstić information content (AvgIpc) is 2.29. The first-order valence-electron chi connectivity index (χ1n) is 6.04. The molecule has 0 aromatic heterocycles. The van der Waals surface area contributed by atoms with E-state index in [-0.39, 0.29) is 6.03 Å². The summed E-state index contributed by atoms with van der Waals surface area (Å²) in [5.74, 6) is 0. The summed E-state index contributed by atoms with van der Waals surface area (Å²) in [6.45, 7) is 6.54. The van der Waals surface area contributed by atoms with Gasteiger partial charge in [0.1, 0.15) is 0 Å². The van der Waals surface area contributed by atoms with E-state index in [1.54, 1.807) is 0 Å². The number of nitrogens with one attached hydrogen (secondary N) is 3. The van der Waals surface area contributed by atoms with E-state index < -0.39 is 0 Å². The molecule has 0 fully saturated rings. The molecule has 1 aromatic carbocycles. The zero-order chi connectivity index (χ0) is 12.5. The Morgan fingerprint density at radius 2 is 2.06 bits per heavy atom. The van der Waals surface area contributed by atoms with E-state index >= 15 is 0 Å². The maximum Gasteiger partial charge on any atom is 0.319 e. The van der Waals surface area contributed by atoms with Crippen LogP contribution < -0.4 is 16.0 Å². The second kappa shape index (κ2) is 7.68. The molecule has 0 aliphatic rings. The number of urea groups is 1. The van der Waals surface area contributed by atoms with Crippen molar-refractivity contribution in [1.29, 1.82) is 0 Å². The molecule has 1 aromatic rings. The van der Waals surface area contributed by atoms with Crippen LogP contribution in [0.3, 0.4) is 0 Å². The molecule has 0 spiro atoms. The smallest absolute Gasteiger partial charge is 0.319 e. The minimum atomic E-state index is -0.158. The van der Waals surface area contributed by atoms with Gasteiger partial charge in [-0.1, -0.05) is 19.1 Å². The van der Waals surface area contributed by atoms with Crippen molar-refractivity contribution in [2.24, 2.45) is 0 Å². The third-order valence-corrected chi connectivity index (χ3v) is 2.29. The van der Waals surface area contributed by atoms with E-state index in [0.717, 1.165) is 30.8 Å². The average molecular weight is 235 g/mol. The van der Waals surface area contributed by atoms with Gasteiger partial charge in [0.2, 0.25) is 0 Å². The van der Waals surface area contributed by atoms with Crippen molar-refractivity contribution >= 4 is 11.7 Å². The highest BCUT2D eigenvalue weighted by Gasteiger charge is 2.00. The third-order valence-electron chi connectivity index (χ3n) is 2.29. The maximum absolute atomic E-state index is 11.5. The predicted octanol–water partition coefficient (Wildman–Crippen LogP) is 2.12. The van der Waals surface area contributed by atoms with Crippen LogP contribution in [0.4, 0.5) is 10.5 Å². The van der Waals surface area contributed by atoms with E-state index in [1.165, 1.54) is 0 Å². The summed E-state index contributed by atoms with van der Waals surface area (Å²) in [5.41, 5.74) is 1.96. The minimum absolute atomic E-state index is 0.158. The summed E-state index contributed by atoms with van der Waals surface area (Å²) in [6.07, 6.45) is 1.11. The van der Waals surface area contributed by atoms with Gasteiger partial charge in [0.15, 0.2) is 0 Å². The summed E-state index contributed by atoms with van der Waals surface area (Å²) in [6, 6.07) is 7.58. The van der Waals surface area contributed by atoms with E-state index in [4.69, 9.17) is 0 Å². The fraction of sp³-hybridized carbons (Fsp3) is 0.462. The summed E-state index contributed by atoms with van der Waals surface area (Å²) < 4.78 is 0. The number of aryl methyl sites for hydroxylation is 1. The molecule has 0 saturated carbocycles. The topological polar surface area (TPSA) is 53.2 Å². The van der Waals surface area contributed by atoms with Crippen molar-refractivity contribution < 1.29 is 4.79 Å². The van der Waals surface area contributed by atoms with Crippen LogP contribution in [0.2, 0.25) is 0 Å². The largest absolute Gasteiger partial charge is 0.337 e. The number of carbonyl (C=O) groups is 1. The second-order valence-corrected chi connectivity index (χ2v) is 4.00. The van der Waals surface area contributed by atoms with Gasteiger partial charge in [-0.25, -0.2) is 4.79 Å². The van der Waals surface area contributed by atoms with E-state index in [2.05, 4.69) is 22.9 Å². The first-order valence-corrected chi connectivity index (χ1v) is 6.04. The van der Waals surface area contributed by atoms with Gasteiger partial charge in [0.25, 0.3) is 0 Å². The zero-order valence-electron chi connectivity index (χ0n) is 10.5. The predicted molar refractivity (Wildman–Crippen MR) is 71.4 cm³/mol. The van der Waals surface area contributed by atoms with Crippen molar-refractivity contribution in [2.45, 2.75) is 20.3 Å². The van der Waals surface area contributed by atoms with Gasteiger partial charge in [-0.2, -0.15) is 0 Å². The Morgan fingerprint density at radius 3 is 2.76 bits per heavy atom. The molecule has 0 heterocycles. The summed E-state index contributed by atoms with van der Waals surface area (Å²) >= 11 is 0. The first kappa shape index (κ1) is 13.5. The van der Waals surface area contributed by atoms with Crippen LogP contribution in [0.1, 0.15) is 18.9 Å². The van der Waals surface area contributed by atoms with E-state index in [0.29, 0.717) is 6.54 Å². The lowest BCUT2D eigenvalue weighted by atomic mass is 10.2. The van der Waals surface area contributed by atoms with Gasteiger partial charge in [-0.05, 0) is 37.6 Å². The van der Waals surface area contributed by atoms with E-state index in [9.17, 15) is 4.79 Å². The molecule has 0 bridgehead atoms. The van der Waals surface area contributed by atoms with Gasteiger partial charge in [0, 0.05) is 18.8 Å². The Morgan fingerprint density at radius 1 is 1.24 bits per heavy atom. The molecule has 0 radical (unpaired) electrons. The Labute approximate surface area is 103 Å². The summed E-state index contributed by atoms with van der Waals surface area (Å²) in [7, 11) is 0. The molecule has 3 N–H and O–H groups in total. The number of carbonyl (C=O) groups excluding carboxylic acids is 1. The first-order chi connectivity index (χ1) is 8.22. The number of hydrogen-bond acceptors (Lipinski definition) is 2. The SMILES string of the molecule is CCCNCCNC(=O)Nc1cccc(C)c1. The highest BCUT2D eigenvalue weighted by molar-refractivity contribution is 5.89. The van der Waals surface area contributed by atoms with Gasteiger partial charge >= 0.3 is 6.03 Å². The number of amides is 2. The Bertz CT molecular complexity index is 352. The van der Waals surface area contributed by atoms with E-state index in [1.807, 2.05) is 31.2 Å². The fourth-order valence-corrected chi connectivity index (χ4v) is 1.46. The summed E-state index contributed by atoms with van der Waals surface area (Å²) in [4.78, 5) is 11.5. The van der Waals surface area contributed by atoms with Gasteiger partial charge in [-0.3, -0.25) is 0 Å². The lowest BCUT2D eigenvalue weighted by Gasteiger charge is -2.08. The van der Waals surface area contributed by atoms with Crippen LogP contribution >= 0.6 is 0 Å². The molecular formula is C13H21N3O. The number of anilines is 1. The van der Waals surface area contributed by atoms with Crippen molar-refractivity contribution in [3.05, 3.63) is 29.8 Å².